The zero-order valence-corrected chi connectivity index (χ0v) is 20.4. The van der Waals surface area contributed by atoms with Crippen LogP contribution in [0.4, 0.5) is 0 Å². The molecule has 170 valence electrons. The van der Waals surface area contributed by atoms with Crippen LogP contribution >= 0.6 is 24.8 Å². The Hall–Kier alpha value is -0.280. The highest BCUT2D eigenvalue weighted by atomic mass is 35.5. The molecule has 4 saturated carbocycles. The van der Waals surface area contributed by atoms with Gasteiger partial charge >= 0.3 is 0 Å². The van der Waals surface area contributed by atoms with Crippen molar-refractivity contribution in [2.75, 3.05) is 39.8 Å². The van der Waals surface area contributed by atoms with Crippen LogP contribution in [0, 0.1) is 23.2 Å². The predicted molar refractivity (Wildman–Crippen MR) is 132 cm³/mol. The lowest BCUT2D eigenvalue weighted by Gasteiger charge is -2.60. The van der Waals surface area contributed by atoms with E-state index < -0.39 is 0 Å². The maximum Gasteiger partial charge on any atom is 0.0110 e. The largest absolute Gasteiger partial charge is 0.304 e. The van der Waals surface area contributed by atoms with Crippen LogP contribution in [0.15, 0.2) is 30.3 Å². The molecular formula is C26H42Cl2N2. The molecule has 4 heteroatoms. The molecule has 1 saturated heterocycles. The molecular weight excluding hydrogens is 411 g/mol. The molecule has 1 aromatic carbocycles. The van der Waals surface area contributed by atoms with Gasteiger partial charge in [0.1, 0.15) is 0 Å². The third kappa shape index (κ3) is 5.20. The fraction of sp³-hybridized carbons (Fsp3) is 0.769. The highest BCUT2D eigenvalue weighted by Gasteiger charge is 2.54. The topological polar surface area (TPSA) is 6.48 Å². The van der Waals surface area contributed by atoms with E-state index in [4.69, 9.17) is 0 Å². The third-order valence-electron chi connectivity index (χ3n) is 8.84. The quantitative estimate of drug-likeness (QED) is 0.451. The number of unbranched alkanes of at least 4 members (excludes halogenated alkanes) is 1. The molecule has 0 amide bonds. The first-order valence-corrected chi connectivity index (χ1v) is 12.2. The molecule has 1 unspecified atom stereocenters. The number of hydrogen-bond acceptors (Lipinski definition) is 2. The van der Waals surface area contributed by atoms with E-state index in [0.29, 0.717) is 5.41 Å². The summed E-state index contributed by atoms with van der Waals surface area (Å²) in [5, 5.41) is 0. The number of likely N-dealkylation sites (N-methyl/N-ethyl adjacent to an activating group) is 1. The zero-order valence-electron chi connectivity index (χ0n) is 18.8. The summed E-state index contributed by atoms with van der Waals surface area (Å²) in [5.41, 5.74) is 2.30. The van der Waals surface area contributed by atoms with E-state index in [1.807, 2.05) is 0 Å². The van der Waals surface area contributed by atoms with Crippen molar-refractivity contribution in [3.63, 3.8) is 0 Å². The first-order chi connectivity index (χ1) is 13.7. The first kappa shape index (κ1) is 24.4. The fourth-order valence-corrected chi connectivity index (χ4v) is 7.87. The zero-order chi connectivity index (χ0) is 19.0. The maximum atomic E-state index is 2.70. The van der Waals surface area contributed by atoms with Crippen molar-refractivity contribution in [3.8, 4) is 0 Å². The first-order valence-electron chi connectivity index (χ1n) is 12.2. The maximum absolute atomic E-state index is 2.70. The summed E-state index contributed by atoms with van der Waals surface area (Å²) in [6, 6.07) is 11.7. The Morgan fingerprint density at radius 1 is 0.833 bits per heavy atom. The van der Waals surface area contributed by atoms with Crippen LogP contribution in [0.5, 0.6) is 0 Å². The molecule has 0 spiro atoms. The van der Waals surface area contributed by atoms with Crippen molar-refractivity contribution < 1.29 is 0 Å². The van der Waals surface area contributed by atoms with E-state index in [9.17, 15) is 0 Å². The molecule has 1 aliphatic heterocycles. The Balaban J connectivity index is 0.00000128. The van der Waals surface area contributed by atoms with Crippen LogP contribution in [0.2, 0.25) is 0 Å². The normalized spacial score (nSPS) is 34.2. The van der Waals surface area contributed by atoms with Gasteiger partial charge in [0.15, 0.2) is 0 Å². The number of nitrogens with zero attached hydrogens (tertiary/aromatic N) is 2. The molecule has 5 aliphatic rings. The second-order valence-electron chi connectivity index (χ2n) is 10.9. The van der Waals surface area contributed by atoms with Gasteiger partial charge in [0.05, 0.1) is 0 Å². The van der Waals surface area contributed by atoms with Gasteiger partial charge in [-0.15, -0.1) is 24.8 Å². The highest BCUT2D eigenvalue weighted by Crippen LogP contribution is 2.65. The lowest BCUT2D eigenvalue weighted by atomic mass is 9.45. The summed E-state index contributed by atoms with van der Waals surface area (Å²) in [4.78, 5) is 5.16. The Morgan fingerprint density at radius 2 is 1.40 bits per heavy atom. The number of hydrogen-bond donors (Lipinski definition) is 0. The number of piperazine rings is 1. The number of rotatable bonds is 7. The number of benzene rings is 1. The second-order valence-corrected chi connectivity index (χ2v) is 10.9. The molecule has 5 fully saturated rings. The molecule has 1 atom stereocenters. The van der Waals surface area contributed by atoms with Crippen LogP contribution in [0.3, 0.4) is 0 Å². The SMILES string of the molecule is CN1CCN(CCCCC(c2ccccc2)C23CC4CC(CC(C4)C2)C3)CC1.Cl.Cl. The van der Waals surface area contributed by atoms with Gasteiger partial charge < -0.3 is 9.80 Å². The van der Waals surface area contributed by atoms with Crippen LogP contribution in [-0.2, 0) is 0 Å². The van der Waals surface area contributed by atoms with Gasteiger partial charge in [-0.25, -0.2) is 0 Å². The minimum atomic E-state index is 0. The van der Waals surface area contributed by atoms with Gasteiger partial charge in [-0.3, -0.25) is 0 Å². The highest BCUT2D eigenvalue weighted by molar-refractivity contribution is 5.85. The molecule has 0 N–H and O–H groups in total. The van der Waals surface area contributed by atoms with Gasteiger partial charge in [0, 0.05) is 26.2 Å². The molecule has 0 radical (unpaired) electrons. The van der Waals surface area contributed by atoms with E-state index >= 15 is 0 Å². The van der Waals surface area contributed by atoms with E-state index in [-0.39, 0.29) is 24.8 Å². The van der Waals surface area contributed by atoms with E-state index in [1.54, 1.807) is 24.8 Å². The van der Waals surface area contributed by atoms with Crippen molar-refractivity contribution in [3.05, 3.63) is 35.9 Å². The van der Waals surface area contributed by atoms with Crippen molar-refractivity contribution in [2.45, 2.75) is 63.7 Å². The Labute approximate surface area is 197 Å². The van der Waals surface area contributed by atoms with Gasteiger partial charge in [-0.2, -0.15) is 0 Å². The van der Waals surface area contributed by atoms with E-state index in [1.165, 1.54) is 71.2 Å². The number of halogens is 2. The van der Waals surface area contributed by atoms with Crippen molar-refractivity contribution in [2.24, 2.45) is 23.2 Å². The molecule has 4 aliphatic carbocycles. The smallest absolute Gasteiger partial charge is 0.0110 e. The second kappa shape index (κ2) is 10.6. The molecule has 1 aromatic rings. The molecule has 0 aromatic heterocycles. The van der Waals surface area contributed by atoms with Gasteiger partial charge in [-0.05, 0) is 99.6 Å². The summed E-state index contributed by atoms with van der Waals surface area (Å²) >= 11 is 0. The molecule has 30 heavy (non-hydrogen) atoms. The lowest BCUT2D eigenvalue weighted by Crippen LogP contribution is -2.49. The summed E-state index contributed by atoms with van der Waals surface area (Å²) < 4.78 is 0. The van der Waals surface area contributed by atoms with Gasteiger partial charge in [0.25, 0.3) is 0 Å². The van der Waals surface area contributed by atoms with Crippen LogP contribution in [0.1, 0.15) is 69.3 Å². The minimum Gasteiger partial charge on any atom is -0.304 e. The lowest BCUT2D eigenvalue weighted by molar-refractivity contribution is -0.0705. The van der Waals surface area contributed by atoms with Crippen LogP contribution < -0.4 is 0 Å². The van der Waals surface area contributed by atoms with Crippen molar-refractivity contribution in [1.82, 2.24) is 9.80 Å². The monoisotopic (exact) mass is 452 g/mol. The van der Waals surface area contributed by atoms with Gasteiger partial charge in [-0.1, -0.05) is 36.8 Å². The fourth-order valence-electron chi connectivity index (χ4n) is 7.87. The third-order valence-corrected chi connectivity index (χ3v) is 8.84. The molecule has 2 nitrogen and oxygen atoms in total. The predicted octanol–water partition coefficient (Wildman–Crippen LogP) is 6.25. The Morgan fingerprint density at radius 3 is 1.97 bits per heavy atom. The van der Waals surface area contributed by atoms with Crippen LogP contribution in [-0.4, -0.2) is 49.6 Å². The van der Waals surface area contributed by atoms with Crippen LogP contribution in [0.25, 0.3) is 0 Å². The average molecular weight is 454 g/mol. The molecule has 6 rings (SSSR count). The molecule has 4 bridgehead atoms. The molecule has 1 heterocycles. The average Bonchev–Trinajstić information content (AvgIpc) is 2.69. The van der Waals surface area contributed by atoms with Crippen molar-refractivity contribution in [1.29, 1.82) is 0 Å². The summed E-state index contributed by atoms with van der Waals surface area (Å²) in [6.07, 6.45) is 13.5. The van der Waals surface area contributed by atoms with E-state index in [2.05, 4.69) is 47.2 Å². The van der Waals surface area contributed by atoms with E-state index in [0.717, 1.165) is 23.7 Å². The Kier molecular flexibility index (Phi) is 8.57. The van der Waals surface area contributed by atoms with Gasteiger partial charge in [0.2, 0.25) is 0 Å². The standard InChI is InChI=1S/C26H40N2.2ClH/c1-27-11-13-28(14-12-27)10-6-5-9-25(24-7-3-2-4-8-24)26-18-21-15-22(19-26)17-23(16-21)20-26;;/h2-4,7-8,21-23,25H,5-6,9-20H2,1H3;2*1H. The summed E-state index contributed by atoms with van der Waals surface area (Å²) in [7, 11) is 2.26. The minimum absolute atomic E-state index is 0. The Bertz CT molecular complexity index is 606. The summed E-state index contributed by atoms with van der Waals surface area (Å²) in [6.45, 7) is 6.36. The summed E-state index contributed by atoms with van der Waals surface area (Å²) in [5.74, 6) is 3.99. The van der Waals surface area contributed by atoms with Crippen molar-refractivity contribution >= 4 is 24.8 Å².